The highest BCUT2D eigenvalue weighted by atomic mass is 32.2. The minimum absolute atomic E-state index is 0.0585. The summed E-state index contributed by atoms with van der Waals surface area (Å²) >= 11 is 1.59. The number of hydrogen-bond donors (Lipinski definition) is 1. The van der Waals surface area contributed by atoms with Gasteiger partial charge in [0.25, 0.3) is 0 Å². The van der Waals surface area contributed by atoms with Crippen LogP contribution < -0.4 is 4.90 Å². The molecule has 1 unspecified atom stereocenters. The molecule has 7 heteroatoms. The van der Waals surface area contributed by atoms with E-state index in [0.717, 1.165) is 11.3 Å². The van der Waals surface area contributed by atoms with E-state index in [1.165, 1.54) is 0 Å². The second-order valence-corrected chi connectivity index (χ2v) is 8.60. The van der Waals surface area contributed by atoms with Crippen LogP contribution in [0.1, 0.15) is 22.8 Å². The molecule has 1 fully saturated rings. The number of carboxylic acid groups (broad SMARTS) is 1. The summed E-state index contributed by atoms with van der Waals surface area (Å²) < 4.78 is 24.6. The molecular weight excluding hydrogens is 310 g/mol. The summed E-state index contributed by atoms with van der Waals surface area (Å²) in [6, 6.07) is 5.04. The van der Waals surface area contributed by atoms with Crippen LogP contribution in [0, 0.1) is 6.92 Å². The van der Waals surface area contributed by atoms with E-state index in [2.05, 4.69) is 0 Å². The average molecular weight is 329 g/mol. The van der Waals surface area contributed by atoms with Gasteiger partial charge in [-0.1, -0.05) is 13.0 Å². The lowest BCUT2D eigenvalue weighted by molar-refractivity contribution is 0.0697. The maximum absolute atomic E-state index is 12.3. The summed E-state index contributed by atoms with van der Waals surface area (Å²) in [6.45, 7) is 4.04. The molecule has 1 N–H and O–H groups in total. The largest absolute Gasteiger partial charge is 0.478 e. The molecule has 0 bridgehead atoms. The van der Waals surface area contributed by atoms with E-state index in [1.807, 2.05) is 6.92 Å². The Bertz CT molecular complexity index is 642. The van der Waals surface area contributed by atoms with Gasteiger partial charge >= 0.3 is 5.97 Å². The summed E-state index contributed by atoms with van der Waals surface area (Å²) in [7, 11) is -3.26. The van der Waals surface area contributed by atoms with Gasteiger partial charge in [-0.3, -0.25) is 0 Å². The Morgan fingerprint density at radius 2 is 2.19 bits per heavy atom. The van der Waals surface area contributed by atoms with Crippen LogP contribution in [-0.2, 0) is 9.84 Å². The first-order valence-electron chi connectivity index (χ1n) is 6.76. The van der Waals surface area contributed by atoms with Crippen molar-refractivity contribution in [3.05, 3.63) is 29.3 Å². The van der Waals surface area contributed by atoms with Crippen molar-refractivity contribution in [2.45, 2.75) is 19.2 Å². The topological polar surface area (TPSA) is 74.7 Å². The standard InChI is InChI=1S/C14H19NO4S2/c1-3-21(18,19)13-9-20-7-6-15(13)12-8-10(2)4-5-11(12)14(16)17/h4-5,8,13H,3,6-7,9H2,1-2H3,(H,16,17). The van der Waals surface area contributed by atoms with Crippen LogP contribution in [-0.4, -0.2) is 48.7 Å². The van der Waals surface area contributed by atoms with Crippen molar-refractivity contribution in [3.8, 4) is 0 Å². The first-order valence-corrected chi connectivity index (χ1v) is 9.63. The normalized spacial score (nSPS) is 19.5. The number of rotatable bonds is 4. The van der Waals surface area contributed by atoms with Crippen LogP contribution in [0.3, 0.4) is 0 Å². The van der Waals surface area contributed by atoms with E-state index in [-0.39, 0.29) is 11.3 Å². The lowest BCUT2D eigenvalue weighted by Gasteiger charge is -2.37. The van der Waals surface area contributed by atoms with Crippen molar-refractivity contribution in [2.75, 3.05) is 28.7 Å². The fraction of sp³-hybridized carbons (Fsp3) is 0.500. The van der Waals surface area contributed by atoms with Crippen LogP contribution in [0.2, 0.25) is 0 Å². The molecule has 0 aromatic heterocycles. The maximum atomic E-state index is 12.3. The third-order valence-electron chi connectivity index (χ3n) is 3.59. The number of aryl methyl sites for hydroxylation is 1. The minimum atomic E-state index is -3.26. The molecule has 21 heavy (non-hydrogen) atoms. The van der Waals surface area contributed by atoms with Gasteiger partial charge in [-0.25, -0.2) is 13.2 Å². The molecule has 0 aliphatic carbocycles. The molecule has 0 saturated carbocycles. The molecule has 5 nitrogen and oxygen atoms in total. The third-order valence-corrected chi connectivity index (χ3v) is 6.88. The molecule has 0 radical (unpaired) electrons. The van der Waals surface area contributed by atoms with Crippen LogP contribution in [0.5, 0.6) is 0 Å². The Labute approximate surface area is 129 Å². The van der Waals surface area contributed by atoms with Gasteiger partial charge in [0, 0.05) is 23.8 Å². The number of anilines is 1. The number of carboxylic acids is 1. The predicted octanol–water partition coefficient (Wildman–Crippen LogP) is 2.01. The van der Waals surface area contributed by atoms with Crippen LogP contribution in [0.4, 0.5) is 5.69 Å². The molecule has 2 rings (SSSR count). The van der Waals surface area contributed by atoms with Gasteiger partial charge in [0.2, 0.25) is 0 Å². The second kappa shape index (κ2) is 6.27. The van der Waals surface area contributed by atoms with Crippen molar-refractivity contribution in [1.29, 1.82) is 0 Å². The summed E-state index contributed by atoms with van der Waals surface area (Å²) in [5, 5.41) is 8.70. The Balaban J connectivity index is 2.52. The van der Waals surface area contributed by atoms with Crippen LogP contribution in [0.15, 0.2) is 18.2 Å². The second-order valence-electron chi connectivity index (χ2n) is 5.00. The first kappa shape index (κ1) is 16.2. The predicted molar refractivity (Wildman–Crippen MR) is 86.1 cm³/mol. The maximum Gasteiger partial charge on any atom is 0.337 e. The van der Waals surface area contributed by atoms with E-state index < -0.39 is 21.2 Å². The fourth-order valence-corrected chi connectivity index (χ4v) is 5.39. The molecule has 1 heterocycles. The molecule has 1 aliphatic heterocycles. The monoisotopic (exact) mass is 329 g/mol. The number of thioether (sulfide) groups is 1. The van der Waals surface area contributed by atoms with Gasteiger partial charge in [-0.05, 0) is 24.6 Å². The van der Waals surface area contributed by atoms with Gasteiger partial charge in [0.1, 0.15) is 5.37 Å². The number of aromatic carboxylic acids is 1. The Kier molecular flexibility index (Phi) is 4.83. The highest BCUT2D eigenvalue weighted by molar-refractivity contribution is 8.01. The highest BCUT2D eigenvalue weighted by Crippen LogP contribution is 2.31. The van der Waals surface area contributed by atoms with Crippen molar-refractivity contribution >= 4 is 33.3 Å². The van der Waals surface area contributed by atoms with E-state index >= 15 is 0 Å². The van der Waals surface area contributed by atoms with Gasteiger partial charge in [0.15, 0.2) is 9.84 Å². The van der Waals surface area contributed by atoms with E-state index in [1.54, 1.807) is 41.8 Å². The molecule has 1 saturated heterocycles. The highest BCUT2D eigenvalue weighted by Gasteiger charge is 2.34. The van der Waals surface area contributed by atoms with Crippen LogP contribution >= 0.6 is 11.8 Å². The molecule has 1 aromatic carbocycles. The van der Waals surface area contributed by atoms with Gasteiger partial charge < -0.3 is 10.0 Å². The minimum Gasteiger partial charge on any atom is -0.478 e. The number of sulfone groups is 1. The smallest absolute Gasteiger partial charge is 0.337 e. The lowest BCUT2D eigenvalue weighted by Crippen LogP contribution is -2.48. The molecule has 0 amide bonds. The number of hydrogen-bond acceptors (Lipinski definition) is 5. The van der Waals surface area contributed by atoms with E-state index in [9.17, 15) is 18.3 Å². The summed E-state index contributed by atoms with van der Waals surface area (Å²) in [5.41, 5.74) is 1.58. The molecule has 116 valence electrons. The summed E-state index contributed by atoms with van der Waals surface area (Å²) in [6.07, 6.45) is 0. The van der Waals surface area contributed by atoms with Crippen molar-refractivity contribution in [2.24, 2.45) is 0 Å². The Hall–Kier alpha value is -1.21. The molecule has 0 spiro atoms. The first-order chi connectivity index (χ1) is 9.86. The molecule has 1 aromatic rings. The number of benzene rings is 1. The number of nitrogens with zero attached hydrogens (tertiary/aromatic N) is 1. The van der Waals surface area contributed by atoms with Crippen molar-refractivity contribution in [1.82, 2.24) is 0 Å². The lowest BCUT2D eigenvalue weighted by atomic mass is 10.1. The van der Waals surface area contributed by atoms with Crippen LogP contribution in [0.25, 0.3) is 0 Å². The van der Waals surface area contributed by atoms with Gasteiger partial charge in [0.05, 0.1) is 11.3 Å². The molecular formula is C14H19NO4S2. The fourth-order valence-electron chi connectivity index (χ4n) is 2.41. The third kappa shape index (κ3) is 3.35. The van der Waals surface area contributed by atoms with Crippen molar-refractivity contribution < 1.29 is 18.3 Å². The van der Waals surface area contributed by atoms with Gasteiger partial charge in [-0.2, -0.15) is 11.8 Å². The Morgan fingerprint density at radius 3 is 2.81 bits per heavy atom. The quantitative estimate of drug-likeness (QED) is 0.911. The number of carbonyl (C=O) groups is 1. The average Bonchev–Trinajstić information content (AvgIpc) is 2.46. The van der Waals surface area contributed by atoms with E-state index in [0.29, 0.717) is 18.0 Å². The van der Waals surface area contributed by atoms with E-state index in [4.69, 9.17) is 0 Å². The molecule has 1 aliphatic rings. The summed E-state index contributed by atoms with van der Waals surface area (Å²) in [5.74, 6) is 0.297. The SMILES string of the molecule is CCS(=O)(=O)C1CSCCN1c1cc(C)ccc1C(=O)O. The Morgan fingerprint density at radius 1 is 1.48 bits per heavy atom. The summed E-state index contributed by atoms with van der Waals surface area (Å²) in [4.78, 5) is 13.2. The zero-order chi connectivity index (χ0) is 15.6. The molecule has 1 atom stereocenters. The van der Waals surface area contributed by atoms with Gasteiger partial charge in [-0.15, -0.1) is 0 Å². The zero-order valence-electron chi connectivity index (χ0n) is 12.1. The van der Waals surface area contributed by atoms with Crippen molar-refractivity contribution in [3.63, 3.8) is 0 Å². The zero-order valence-corrected chi connectivity index (χ0v) is 13.7.